The predicted molar refractivity (Wildman–Crippen MR) is 84.0 cm³/mol. The second kappa shape index (κ2) is 7.36. The molecule has 0 saturated carbocycles. The molecule has 0 aliphatic carbocycles. The number of nitrogens with one attached hydrogen (secondary N) is 1. The van der Waals surface area contributed by atoms with Crippen LogP contribution in [0.1, 0.15) is 0 Å². The Bertz CT molecular complexity index is 587. The van der Waals surface area contributed by atoms with Crippen molar-refractivity contribution in [3.05, 3.63) is 54.3 Å². The van der Waals surface area contributed by atoms with Crippen LogP contribution in [0.5, 0.6) is 0 Å². The van der Waals surface area contributed by atoms with Gasteiger partial charge in [-0.1, -0.05) is 12.1 Å². The average molecular weight is 307 g/mol. The SMILES string of the molecule is CSc1ccccc1NC(=O)CSc1ccc(F)cc1. The molecule has 0 heterocycles. The van der Waals surface area contributed by atoms with E-state index in [0.717, 1.165) is 15.5 Å². The first-order chi connectivity index (χ1) is 9.69. The summed E-state index contributed by atoms with van der Waals surface area (Å²) in [5.41, 5.74) is 0.824. The number of thioether (sulfide) groups is 2. The van der Waals surface area contributed by atoms with E-state index in [4.69, 9.17) is 0 Å². The lowest BCUT2D eigenvalue weighted by molar-refractivity contribution is -0.113. The molecule has 104 valence electrons. The third kappa shape index (κ3) is 4.28. The highest BCUT2D eigenvalue weighted by Gasteiger charge is 2.06. The van der Waals surface area contributed by atoms with Gasteiger partial charge >= 0.3 is 0 Å². The summed E-state index contributed by atoms with van der Waals surface area (Å²) in [7, 11) is 0. The Morgan fingerprint density at radius 3 is 2.55 bits per heavy atom. The zero-order valence-electron chi connectivity index (χ0n) is 10.9. The third-order valence-corrected chi connectivity index (χ3v) is 4.37. The molecule has 0 bridgehead atoms. The van der Waals surface area contributed by atoms with Crippen LogP contribution in [-0.4, -0.2) is 17.9 Å². The van der Waals surface area contributed by atoms with Crippen molar-refractivity contribution in [1.82, 2.24) is 0 Å². The summed E-state index contributed by atoms with van der Waals surface area (Å²) in [6, 6.07) is 13.8. The molecule has 2 aromatic rings. The number of rotatable bonds is 5. The molecule has 5 heteroatoms. The van der Waals surface area contributed by atoms with Gasteiger partial charge in [-0.15, -0.1) is 23.5 Å². The highest BCUT2D eigenvalue weighted by atomic mass is 32.2. The summed E-state index contributed by atoms with van der Waals surface area (Å²) in [5.74, 6) is -0.0394. The molecule has 2 aromatic carbocycles. The van der Waals surface area contributed by atoms with Gasteiger partial charge in [-0.05, 0) is 42.7 Å². The predicted octanol–water partition coefficient (Wildman–Crippen LogP) is 4.28. The van der Waals surface area contributed by atoms with Gasteiger partial charge < -0.3 is 5.32 Å². The summed E-state index contributed by atoms with van der Waals surface area (Å²) >= 11 is 2.97. The molecule has 0 radical (unpaired) electrons. The standard InChI is InChI=1S/C15H14FNOS2/c1-19-14-5-3-2-4-13(14)17-15(18)10-20-12-8-6-11(16)7-9-12/h2-9H,10H2,1H3,(H,17,18). The maximum atomic E-state index is 12.8. The second-order valence-corrected chi connectivity index (χ2v) is 5.89. The summed E-state index contributed by atoms with van der Waals surface area (Å²) in [6.45, 7) is 0. The van der Waals surface area contributed by atoms with Crippen LogP contribution in [0.25, 0.3) is 0 Å². The Hall–Kier alpha value is -1.46. The minimum Gasteiger partial charge on any atom is -0.324 e. The monoisotopic (exact) mass is 307 g/mol. The number of benzene rings is 2. The van der Waals surface area contributed by atoms with Crippen molar-refractivity contribution >= 4 is 35.1 Å². The van der Waals surface area contributed by atoms with Gasteiger partial charge in [0.25, 0.3) is 0 Å². The zero-order valence-corrected chi connectivity index (χ0v) is 12.6. The lowest BCUT2D eigenvalue weighted by Crippen LogP contribution is -2.14. The van der Waals surface area contributed by atoms with Crippen LogP contribution in [0, 0.1) is 5.82 Å². The molecule has 0 unspecified atom stereocenters. The first-order valence-corrected chi connectivity index (χ1v) is 8.21. The average Bonchev–Trinajstić information content (AvgIpc) is 2.47. The Kier molecular flexibility index (Phi) is 5.49. The molecule has 0 aromatic heterocycles. The van der Waals surface area contributed by atoms with Gasteiger partial charge in [0.1, 0.15) is 5.82 Å². The fourth-order valence-electron chi connectivity index (χ4n) is 1.61. The van der Waals surface area contributed by atoms with Crippen molar-refractivity contribution < 1.29 is 9.18 Å². The van der Waals surface area contributed by atoms with Crippen molar-refractivity contribution in [3.8, 4) is 0 Å². The van der Waals surface area contributed by atoms with Gasteiger partial charge in [-0.3, -0.25) is 4.79 Å². The maximum Gasteiger partial charge on any atom is 0.234 e. The molecule has 1 amide bonds. The normalized spacial score (nSPS) is 10.3. The Balaban J connectivity index is 1.91. The molecule has 1 N–H and O–H groups in total. The quantitative estimate of drug-likeness (QED) is 0.836. The van der Waals surface area contributed by atoms with Crippen LogP contribution in [-0.2, 0) is 4.79 Å². The smallest absolute Gasteiger partial charge is 0.234 e. The molecule has 20 heavy (non-hydrogen) atoms. The largest absolute Gasteiger partial charge is 0.324 e. The second-order valence-electron chi connectivity index (χ2n) is 3.99. The lowest BCUT2D eigenvalue weighted by Gasteiger charge is -2.09. The number of carbonyl (C=O) groups is 1. The van der Waals surface area contributed by atoms with Crippen molar-refractivity contribution in [3.63, 3.8) is 0 Å². The first-order valence-electron chi connectivity index (χ1n) is 6.00. The van der Waals surface area contributed by atoms with Crippen LogP contribution in [0.15, 0.2) is 58.3 Å². The van der Waals surface area contributed by atoms with E-state index < -0.39 is 0 Å². The van der Waals surface area contributed by atoms with Crippen molar-refractivity contribution in [2.75, 3.05) is 17.3 Å². The van der Waals surface area contributed by atoms with Gasteiger partial charge in [0.05, 0.1) is 11.4 Å². The summed E-state index contributed by atoms with van der Waals surface area (Å²) < 4.78 is 12.8. The van der Waals surface area contributed by atoms with E-state index in [9.17, 15) is 9.18 Å². The van der Waals surface area contributed by atoms with Gasteiger partial charge in [0.2, 0.25) is 5.91 Å². The Morgan fingerprint density at radius 1 is 1.15 bits per heavy atom. The lowest BCUT2D eigenvalue weighted by atomic mass is 10.3. The van der Waals surface area contributed by atoms with Crippen LogP contribution >= 0.6 is 23.5 Å². The van der Waals surface area contributed by atoms with Gasteiger partial charge in [0, 0.05) is 9.79 Å². The number of carbonyl (C=O) groups excluding carboxylic acids is 1. The first kappa shape index (κ1) is 14.9. The molecule has 2 nitrogen and oxygen atoms in total. The van der Waals surface area contributed by atoms with E-state index in [1.54, 1.807) is 23.9 Å². The number of anilines is 1. The van der Waals surface area contributed by atoms with Gasteiger partial charge in [0.15, 0.2) is 0 Å². The molecular weight excluding hydrogens is 293 g/mol. The van der Waals surface area contributed by atoms with E-state index in [-0.39, 0.29) is 11.7 Å². The van der Waals surface area contributed by atoms with Crippen molar-refractivity contribution in [2.24, 2.45) is 0 Å². The molecule has 0 atom stereocenters. The van der Waals surface area contributed by atoms with E-state index in [1.165, 1.54) is 23.9 Å². The van der Waals surface area contributed by atoms with E-state index in [0.29, 0.717) is 5.75 Å². The molecular formula is C15H14FNOS2. The topological polar surface area (TPSA) is 29.1 Å². The Labute approximate surface area is 126 Å². The number of amides is 1. The van der Waals surface area contributed by atoms with Crippen molar-refractivity contribution in [1.29, 1.82) is 0 Å². The highest BCUT2D eigenvalue weighted by Crippen LogP contribution is 2.25. The fourth-order valence-corrected chi connectivity index (χ4v) is 2.87. The van der Waals surface area contributed by atoms with Crippen LogP contribution in [0.4, 0.5) is 10.1 Å². The van der Waals surface area contributed by atoms with Crippen LogP contribution in [0.3, 0.4) is 0 Å². The Morgan fingerprint density at radius 2 is 1.85 bits per heavy atom. The molecule has 0 aliphatic rings. The van der Waals surface area contributed by atoms with Gasteiger partial charge in [-0.2, -0.15) is 0 Å². The maximum absolute atomic E-state index is 12.8. The number of para-hydroxylation sites is 1. The number of hydrogen-bond donors (Lipinski definition) is 1. The minimum absolute atomic E-state index is 0.0687. The minimum atomic E-state index is -0.271. The van der Waals surface area contributed by atoms with Gasteiger partial charge in [-0.25, -0.2) is 4.39 Å². The third-order valence-electron chi connectivity index (χ3n) is 2.56. The number of halogens is 1. The van der Waals surface area contributed by atoms with E-state index >= 15 is 0 Å². The molecule has 0 aliphatic heterocycles. The molecule has 0 saturated heterocycles. The summed E-state index contributed by atoms with van der Waals surface area (Å²) in [4.78, 5) is 13.8. The molecule has 0 fully saturated rings. The molecule has 2 rings (SSSR count). The van der Waals surface area contributed by atoms with Crippen LogP contribution < -0.4 is 5.32 Å². The fraction of sp³-hybridized carbons (Fsp3) is 0.133. The zero-order chi connectivity index (χ0) is 14.4. The van der Waals surface area contributed by atoms with Crippen LogP contribution in [0.2, 0.25) is 0 Å². The summed E-state index contributed by atoms with van der Waals surface area (Å²) in [6.07, 6.45) is 1.97. The highest BCUT2D eigenvalue weighted by molar-refractivity contribution is 8.00. The summed E-state index contributed by atoms with van der Waals surface area (Å²) in [5, 5.41) is 2.89. The number of hydrogen-bond acceptors (Lipinski definition) is 3. The molecule has 0 spiro atoms. The van der Waals surface area contributed by atoms with E-state index in [2.05, 4.69) is 5.32 Å². The van der Waals surface area contributed by atoms with Crippen molar-refractivity contribution in [2.45, 2.75) is 9.79 Å². The van der Waals surface area contributed by atoms with E-state index in [1.807, 2.05) is 30.5 Å².